The molecule has 8 heteroatoms. The molecule has 5 nitrogen and oxygen atoms in total. The molecule has 0 aromatic carbocycles. The lowest BCUT2D eigenvalue weighted by Crippen LogP contribution is -2.37. The number of thiazole rings is 2. The third-order valence-corrected chi connectivity index (χ3v) is 5.00. The first-order chi connectivity index (χ1) is 10.2. The fourth-order valence-electron chi connectivity index (χ4n) is 1.78. The predicted octanol–water partition coefficient (Wildman–Crippen LogP) is 3.00. The summed E-state index contributed by atoms with van der Waals surface area (Å²) in [5, 5.41) is 8.83. The molecule has 122 valence electrons. The predicted molar refractivity (Wildman–Crippen MR) is 106 cm³/mol. The van der Waals surface area contributed by atoms with Gasteiger partial charge < -0.3 is 10.6 Å². The van der Waals surface area contributed by atoms with E-state index in [-0.39, 0.29) is 24.0 Å². The number of hydrogen-bond donors (Lipinski definition) is 2. The van der Waals surface area contributed by atoms with Gasteiger partial charge in [-0.2, -0.15) is 0 Å². The minimum atomic E-state index is 0. The summed E-state index contributed by atoms with van der Waals surface area (Å²) in [5.41, 5.74) is 0. The van der Waals surface area contributed by atoms with Crippen molar-refractivity contribution in [3.63, 3.8) is 0 Å². The van der Waals surface area contributed by atoms with Crippen LogP contribution in [-0.4, -0.2) is 29.5 Å². The van der Waals surface area contributed by atoms with Gasteiger partial charge in [0.05, 0.1) is 11.6 Å². The van der Waals surface area contributed by atoms with Crippen molar-refractivity contribution in [2.45, 2.75) is 33.2 Å². The second-order valence-electron chi connectivity index (χ2n) is 4.54. The number of aliphatic imine (C=N–C) groups is 1. The summed E-state index contributed by atoms with van der Waals surface area (Å²) in [4.78, 5) is 15.5. The van der Waals surface area contributed by atoms with Crippen molar-refractivity contribution < 1.29 is 0 Å². The third kappa shape index (κ3) is 6.17. The highest BCUT2D eigenvalue weighted by Gasteiger charge is 2.03. The Bertz CT molecular complexity index is 594. The number of halogens is 1. The minimum Gasteiger partial charge on any atom is -0.356 e. The highest BCUT2D eigenvalue weighted by molar-refractivity contribution is 14.0. The molecule has 0 spiro atoms. The highest BCUT2D eigenvalue weighted by Crippen LogP contribution is 2.13. The maximum Gasteiger partial charge on any atom is 0.191 e. The molecular weight excluding hydrogens is 429 g/mol. The van der Waals surface area contributed by atoms with Gasteiger partial charge in [-0.25, -0.2) is 9.97 Å². The normalized spacial score (nSPS) is 11.1. The van der Waals surface area contributed by atoms with Gasteiger partial charge in [-0.15, -0.1) is 46.7 Å². The quantitative estimate of drug-likeness (QED) is 0.403. The van der Waals surface area contributed by atoms with E-state index in [0.717, 1.165) is 35.4 Å². The van der Waals surface area contributed by atoms with Crippen molar-refractivity contribution in [2.75, 3.05) is 13.6 Å². The van der Waals surface area contributed by atoms with Crippen LogP contribution >= 0.6 is 46.7 Å². The zero-order chi connectivity index (χ0) is 15.1. The maximum absolute atomic E-state index is 4.39. The number of nitrogens with one attached hydrogen (secondary N) is 2. The van der Waals surface area contributed by atoms with Crippen LogP contribution in [0.2, 0.25) is 0 Å². The van der Waals surface area contributed by atoms with Gasteiger partial charge in [0.15, 0.2) is 5.96 Å². The first-order valence-corrected chi connectivity index (χ1v) is 8.64. The Morgan fingerprint density at radius 1 is 1.18 bits per heavy atom. The van der Waals surface area contributed by atoms with E-state index in [1.165, 1.54) is 9.75 Å². The zero-order valence-electron chi connectivity index (χ0n) is 13.0. The Morgan fingerprint density at radius 3 is 2.55 bits per heavy atom. The Morgan fingerprint density at radius 2 is 1.95 bits per heavy atom. The summed E-state index contributed by atoms with van der Waals surface area (Å²) in [6.07, 6.45) is 5.82. The fraction of sp³-hybridized carbons (Fsp3) is 0.500. The summed E-state index contributed by atoms with van der Waals surface area (Å²) < 4.78 is 0. The Hall–Kier alpha value is -0.740. The van der Waals surface area contributed by atoms with E-state index >= 15 is 0 Å². The van der Waals surface area contributed by atoms with Crippen LogP contribution in [0.5, 0.6) is 0 Å². The summed E-state index contributed by atoms with van der Waals surface area (Å²) >= 11 is 3.49. The second-order valence-corrected chi connectivity index (χ2v) is 7.06. The van der Waals surface area contributed by atoms with E-state index in [9.17, 15) is 0 Å². The molecule has 2 aromatic heterocycles. The fourth-order valence-corrected chi connectivity index (χ4v) is 3.37. The number of guanidine groups is 1. The van der Waals surface area contributed by atoms with E-state index in [2.05, 4.69) is 39.4 Å². The van der Waals surface area contributed by atoms with Crippen LogP contribution in [0.3, 0.4) is 0 Å². The average molecular weight is 451 g/mol. The van der Waals surface area contributed by atoms with Crippen molar-refractivity contribution >= 4 is 52.6 Å². The minimum absolute atomic E-state index is 0. The van der Waals surface area contributed by atoms with Gasteiger partial charge in [0.1, 0.15) is 5.01 Å². The summed E-state index contributed by atoms with van der Waals surface area (Å²) in [6.45, 7) is 5.75. The van der Waals surface area contributed by atoms with Gasteiger partial charge in [0, 0.05) is 42.2 Å². The monoisotopic (exact) mass is 451 g/mol. The van der Waals surface area contributed by atoms with Crippen molar-refractivity contribution in [3.05, 3.63) is 32.2 Å². The van der Waals surface area contributed by atoms with Crippen LogP contribution in [0.4, 0.5) is 0 Å². The second kappa shape index (κ2) is 10.1. The third-order valence-electron chi connectivity index (χ3n) is 2.88. The summed E-state index contributed by atoms with van der Waals surface area (Å²) in [5.74, 6) is 0.802. The molecule has 0 aliphatic heterocycles. The molecule has 0 bridgehead atoms. The van der Waals surface area contributed by atoms with Gasteiger partial charge in [-0.3, -0.25) is 4.99 Å². The van der Waals surface area contributed by atoms with Crippen molar-refractivity contribution in [1.82, 2.24) is 20.6 Å². The lowest BCUT2D eigenvalue weighted by Gasteiger charge is -2.09. The van der Waals surface area contributed by atoms with Crippen molar-refractivity contribution in [3.8, 4) is 0 Å². The number of aromatic nitrogens is 2. The van der Waals surface area contributed by atoms with E-state index in [1.54, 1.807) is 29.7 Å². The number of rotatable bonds is 6. The van der Waals surface area contributed by atoms with Gasteiger partial charge in [0.2, 0.25) is 0 Å². The van der Waals surface area contributed by atoms with Crippen LogP contribution in [-0.2, 0) is 19.4 Å². The molecule has 2 aromatic rings. The van der Waals surface area contributed by atoms with Crippen molar-refractivity contribution in [2.24, 2.45) is 4.99 Å². The molecule has 2 rings (SSSR count). The van der Waals surface area contributed by atoms with Gasteiger partial charge in [-0.05, 0) is 13.3 Å². The van der Waals surface area contributed by atoms with Gasteiger partial charge in [0.25, 0.3) is 0 Å². The molecule has 0 unspecified atom stereocenters. The van der Waals surface area contributed by atoms with Gasteiger partial charge >= 0.3 is 0 Å². The SMILES string of the molecule is CCc1cnc(CNC(=NC)NCCc2ncc(C)s2)s1.I. The van der Waals surface area contributed by atoms with E-state index < -0.39 is 0 Å². The number of hydrogen-bond acceptors (Lipinski definition) is 5. The maximum atomic E-state index is 4.39. The topological polar surface area (TPSA) is 62.2 Å². The van der Waals surface area contributed by atoms with Crippen LogP contribution in [0.25, 0.3) is 0 Å². The molecular formula is C14H22IN5S2. The molecule has 0 atom stereocenters. The molecule has 0 aliphatic carbocycles. The summed E-state index contributed by atoms with van der Waals surface area (Å²) in [6, 6.07) is 0. The smallest absolute Gasteiger partial charge is 0.191 e. The lowest BCUT2D eigenvalue weighted by atomic mass is 10.4. The highest BCUT2D eigenvalue weighted by atomic mass is 127. The van der Waals surface area contributed by atoms with Crippen LogP contribution in [0, 0.1) is 6.92 Å². The molecule has 0 aliphatic rings. The first kappa shape index (κ1) is 19.3. The Balaban J connectivity index is 0.00000242. The molecule has 0 fully saturated rings. The number of nitrogens with zero attached hydrogens (tertiary/aromatic N) is 3. The zero-order valence-corrected chi connectivity index (χ0v) is 17.0. The van der Waals surface area contributed by atoms with Crippen LogP contribution in [0.1, 0.15) is 26.7 Å². The number of aryl methyl sites for hydroxylation is 2. The van der Waals surface area contributed by atoms with Gasteiger partial charge in [-0.1, -0.05) is 6.92 Å². The Kier molecular flexibility index (Phi) is 8.88. The van der Waals surface area contributed by atoms with Crippen LogP contribution in [0.15, 0.2) is 17.4 Å². The Labute approximate surface area is 156 Å². The molecule has 2 heterocycles. The van der Waals surface area contributed by atoms with E-state index in [1.807, 2.05) is 12.4 Å². The molecule has 0 amide bonds. The molecule has 2 N–H and O–H groups in total. The van der Waals surface area contributed by atoms with Crippen molar-refractivity contribution in [1.29, 1.82) is 0 Å². The average Bonchev–Trinajstić information content (AvgIpc) is 3.11. The lowest BCUT2D eigenvalue weighted by molar-refractivity contribution is 0.789. The van der Waals surface area contributed by atoms with E-state index in [0.29, 0.717) is 6.54 Å². The van der Waals surface area contributed by atoms with Crippen LogP contribution < -0.4 is 10.6 Å². The molecule has 22 heavy (non-hydrogen) atoms. The largest absolute Gasteiger partial charge is 0.356 e. The molecule has 0 saturated heterocycles. The standard InChI is InChI=1S/C14H21N5S2.HI/c1-4-11-8-18-13(21-11)9-19-14(15-3)16-6-5-12-17-7-10(2)20-12;/h7-8H,4-6,9H2,1-3H3,(H2,15,16,19);1H. The summed E-state index contributed by atoms with van der Waals surface area (Å²) in [7, 11) is 1.78. The molecule has 0 radical (unpaired) electrons. The van der Waals surface area contributed by atoms with E-state index in [4.69, 9.17) is 0 Å². The first-order valence-electron chi connectivity index (χ1n) is 7.00. The molecule has 0 saturated carbocycles.